The summed E-state index contributed by atoms with van der Waals surface area (Å²) >= 11 is 0. The zero-order chi connectivity index (χ0) is 12.5. The Labute approximate surface area is 108 Å². The van der Waals surface area contributed by atoms with Crippen LogP contribution in [0.1, 0.15) is 52.9 Å². The van der Waals surface area contributed by atoms with Crippen molar-refractivity contribution in [1.29, 1.82) is 0 Å². The molecule has 2 atom stereocenters. The third-order valence-electron chi connectivity index (χ3n) is 4.20. The molecule has 4 heteroatoms. The van der Waals surface area contributed by atoms with Crippen LogP contribution in [-0.2, 0) is 11.0 Å². The standard InChI is InChI=1S/C13H26N2OS/c1-12(2,3)17(16)15-11-4-5-13(10-11)6-8-14-9-7-13/h11,14-15H,4-10H2,1-3H3/t11-,17?/m1/s1. The van der Waals surface area contributed by atoms with E-state index in [0.29, 0.717) is 11.5 Å². The topological polar surface area (TPSA) is 41.1 Å². The maximum atomic E-state index is 12.1. The van der Waals surface area contributed by atoms with Gasteiger partial charge in [-0.05, 0) is 71.4 Å². The van der Waals surface area contributed by atoms with Crippen molar-refractivity contribution in [3.63, 3.8) is 0 Å². The summed E-state index contributed by atoms with van der Waals surface area (Å²) in [6.07, 6.45) is 6.33. The van der Waals surface area contributed by atoms with E-state index in [2.05, 4.69) is 10.0 Å². The molecule has 1 heterocycles. The van der Waals surface area contributed by atoms with E-state index in [1.807, 2.05) is 20.8 Å². The van der Waals surface area contributed by atoms with E-state index >= 15 is 0 Å². The quantitative estimate of drug-likeness (QED) is 0.795. The van der Waals surface area contributed by atoms with Gasteiger partial charge >= 0.3 is 0 Å². The Kier molecular flexibility index (Phi) is 3.96. The number of rotatable bonds is 2. The van der Waals surface area contributed by atoms with Gasteiger partial charge in [0.1, 0.15) is 0 Å². The molecule has 100 valence electrons. The summed E-state index contributed by atoms with van der Waals surface area (Å²) in [5, 5.41) is 3.44. The summed E-state index contributed by atoms with van der Waals surface area (Å²) in [4.78, 5) is 0. The lowest BCUT2D eigenvalue weighted by molar-refractivity contribution is 0.206. The fourth-order valence-corrected chi connectivity index (χ4v) is 3.90. The maximum absolute atomic E-state index is 12.1. The Balaban J connectivity index is 1.87. The van der Waals surface area contributed by atoms with Gasteiger partial charge in [0.15, 0.2) is 0 Å². The first-order valence-corrected chi connectivity index (χ1v) is 7.95. The summed E-state index contributed by atoms with van der Waals surface area (Å²) in [7, 11) is -0.914. The van der Waals surface area contributed by atoms with E-state index in [0.717, 1.165) is 13.1 Å². The Morgan fingerprint density at radius 2 is 1.88 bits per heavy atom. The lowest BCUT2D eigenvalue weighted by Gasteiger charge is -2.34. The molecule has 1 spiro atoms. The van der Waals surface area contributed by atoms with Gasteiger partial charge in [-0.15, -0.1) is 0 Å². The van der Waals surface area contributed by atoms with Gasteiger partial charge in [-0.1, -0.05) is 0 Å². The van der Waals surface area contributed by atoms with Crippen molar-refractivity contribution >= 4 is 11.0 Å². The van der Waals surface area contributed by atoms with Gasteiger partial charge in [0.25, 0.3) is 0 Å². The van der Waals surface area contributed by atoms with Gasteiger partial charge in [0, 0.05) is 6.04 Å². The van der Waals surface area contributed by atoms with Crippen LogP contribution in [0.15, 0.2) is 0 Å². The molecular formula is C13H26N2OS. The Bertz CT molecular complexity index is 292. The van der Waals surface area contributed by atoms with Crippen LogP contribution in [-0.4, -0.2) is 28.1 Å². The predicted molar refractivity (Wildman–Crippen MR) is 73.2 cm³/mol. The molecule has 1 saturated heterocycles. The molecule has 1 aliphatic carbocycles. The molecule has 2 rings (SSSR count). The minimum absolute atomic E-state index is 0.149. The Morgan fingerprint density at radius 1 is 1.24 bits per heavy atom. The summed E-state index contributed by atoms with van der Waals surface area (Å²) in [6.45, 7) is 8.42. The molecule has 17 heavy (non-hydrogen) atoms. The number of hydrogen-bond acceptors (Lipinski definition) is 2. The summed E-state index contributed by atoms with van der Waals surface area (Å²) in [5.74, 6) is 0. The number of hydrogen-bond donors (Lipinski definition) is 2. The van der Waals surface area contributed by atoms with E-state index in [1.165, 1.54) is 32.1 Å². The fraction of sp³-hybridized carbons (Fsp3) is 1.00. The highest BCUT2D eigenvalue weighted by atomic mass is 32.2. The molecule has 2 aliphatic rings. The zero-order valence-corrected chi connectivity index (χ0v) is 12.2. The SMILES string of the molecule is CC(C)(C)S(=O)N[C@@H]1CCC2(CCNCC2)C1. The van der Waals surface area contributed by atoms with Crippen molar-refractivity contribution in [3.8, 4) is 0 Å². The number of nitrogens with one attached hydrogen (secondary N) is 2. The molecule has 0 aromatic rings. The monoisotopic (exact) mass is 258 g/mol. The zero-order valence-electron chi connectivity index (χ0n) is 11.3. The van der Waals surface area contributed by atoms with E-state index in [9.17, 15) is 4.21 Å². The van der Waals surface area contributed by atoms with E-state index in [1.54, 1.807) is 0 Å². The normalized spacial score (nSPS) is 30.6. The van der Waals surface area contributed by atoms with Crippen LogP contribution in [0.5, 0.6) is 0 Å². The van der Waals surface area contributed by atoms with Crippen LogP contribution < -0.4 is 10.0 Å². The van der Waals surface area contributed by atoms with Gasteiger partial charge in [0.2, 0.25) is 0 Å². The molecule has 0 amide bonds. The second kappa shape index (κ2) is 4.98. The predicted octanol–water partition coefficient (Wildman–Crippen LogP) is 1.96. The highest BCUT2D eigenvalue weighted by molar-refractivity contribution is 7.84. The van der Waals surface area contributed by atoms with Crippen molar-refractivity contribution in [1.82, 2.24) is 10.0 Å². The molecule has 2 N–H and O–H groups in total. The Morgan fingerprint density at radius 3 is 2.47 bits per heavy atom. The highest BCUT2D eigenvalue weighted by Gasteiger charge is 2.40. The van der Waals surface area contributed by atoms with E-state index in [4.69, 9.17) is 0 Å². The largest absolute Gasteiger partial charge is 0.317 e. The Hall–Kier alpha value is 0.0700. The molecule has 1 unspecified atom stereocenters. The average molecular weight is 258 g/mol. The lowest BCUT2D eigenvalue weighted by Crippen LogP contribution is -2.40. The van der Waals surface area contributed by atoms with Crippen LogP contribution in [0.3, 0.4) is 0 Å². The smallest absolute Gasteiger partial charge is 0.0972 e. The minimum Gasteiger partial charge on any atom is -0.317 e. The minimum atomic E-state index is -0.914. The molecule has 0 bridgehead atoms. The molecule has 3 nitrogen and oxygen atoms in total. The second-order valence-electron chi connectivity index (χ2n) is 6.69. The summed E-state index contributed by atoms with van der Waals surface area (Å²) in [6, 6.07) is 0.466. The first-order valence-electron chi connectivity index (χ1n) is 6.80. The first-order chi connectivity index (χ1) is 7.91. The van der Waals surface area contributed by atoms with E-state index in [-0.39, 0.29) is 4.75 Å². The van der Waals surface area contributed by atoms with E-state index < -0.39 is 11.0 Å². The van der Waals surface area contributed by atoms with Gasteiger partial charge in [0.05, 0.1) is 15.7 Å². The van der Waals surface area contributed by atoms with Crippen LogP contribution in [0.2, 0.25) is 0 Å². The van der Waals surface area contributed by atoms with Gasteiger partial charge < -0.3 is 5.32 Å². The average Bonchev–Trinajstić information content (AvgIpc) is 2.61. The molecule has 0 aromatic heterocycles. The van der Waals surface area contributed by atoms with Crippen LogP contribution >= 0.6 is 0 Å². The van der Waals surface area contributed by atoms with Crippen LogP contribution in [0.4, 0.5) is 0 Å². The van der Waals surface area contributed by atoms with Crippen molar-refractivity contribution < 1.29 is 4.21 Å². The third kappa shape index (κ3) is 3.30. The summed E-state index contributed by atoms with van der Waals surface area (Å²) < 4.78 is 15.3. The fourth-order valence-electron chi connectivity index (χ4n) is 3.05. The molecule has 2 fully saturated rings. The number of piperidine rings is 1. The van der Waals surface area contributed by atoms with Crippen molar-refractivity contribution in [2.75, 3.05) is 13.1 Å². The van der Waals surface area contributed by atoms with Gasteiger partial charge in [-0.3, -0.25) is 0 Å². The van der Waals surface area contributed by atoms with Gasteiger partial charge in [-0.25, -0.2) is 8.93 Å². The highest BCUT2D eigenvalue weighted by Crippen LogP contribution is 2.45. The van der Waals surface area contributed by atoms with Crippen LogP contribution in [0.25, 0.3) is 0 Å². The molecular weight excluding hydrogens is 232 g/mol. The van der Waals surface area contributed by atoms with Crippen molar-refractivity contribution in [3.05, 3.63) is 0 Å². The van der Waals surface area contributed by atoms with Crippen molar-refractivity contribution in [2.45, 2.75) is 63.7 Å². The molecule has 1 saturated carbocycles. The second-order valence-corrected chi connectivity index (χ2v) is 8.69. The van der Waals surface area contributed by atoms with Crippen LogP contribution in [0, 0.1) is 5.41 Å². The molecule has 0 aromatic carbocycles. The lowest BCUT2D eigenvalue weighted by atomic mass is 9.77. The first kappa shape index (κ1) is 13.5. The summed E-state index contributed by atoms with van der Waals surface area (Å²) in [5.41, 5.74) is 0.547. The molecule has 0 radical (unpaired) electrons. The maximum Gasteiger partial charge on any atom is 0.0972 e. The third-order valence-corrected chi connectivity index (χ3v) is 5.86. The van der Waals surface area contributed by atoms with Gasteiger partial charge in [-0.2, -0.15) is 0 Å². The van der Waals surface area contributed by atoms with Crippen molar-refractivity contribution in [2.24, 2.45) is 5.41 Å². The molecule has 1 aliphatic heterocycles.